The third-order valence-corrected chi connectivity index (χ3v) is 5.19. The molecule has 0 saturated carbocycles. The molecule has 2 rings (SSSR count). The lowest BCUT2D eigenvalue weighted by Crippen LogP contribution is -2.65. The lowest BCUT2D eigenvalue weighted by molar-refractivity contribution is 0.0205. The minimum absolute atomic E-state index is 0.262. The highest BCUT2D eigenvalue weighted by Gasteiger charge is 2.39. The molecule has 0 radical (unpaired) electrons. The van der Waals surface area contributed by atoms with Gasteiger partial charge >= 0.3 is 0 Å². The zero-order valence-electron chi connectivity index (χ0n) is 13.0. The second kappa shape index (κ2) is 5.55. The van der Waals surface area contributed by atoms with Gasteiger partial charge in [0, 0.05) is 31.2 Å². The monoisotopic (exact) mass is 280 g/mol. The van der Waals surface area contributed by atoms with Crippen molar-refractivity contribution >= 4 is 11.3 Å². The summed E-state index contributed by atoms with van der Waals surface area (Å²) in [7, 11) is 0. The molecule has 2 unspecified atom stereocenters. The van der Waals surface area contributed by atoms with Crippen molar-refractivity contribution in [2.45, 2.75) is 59.2 Å². The molecule has 1 fully saturated rings. The topological polar surface area (TPSA) is 15.3 Å². The summed E-state index contributed by atoms with van der Waals surface area (Å²) >= 11 is 1.80. The molecule has 1 N–H and O–H groups in total. The van der Waals surface area contributed by atoms with Gasteiger partial charge in [0.25, 0.3) is 0 Å². The maximum Gasteiger partial charge on any atom is 0.0278 e. The van der Waals surface area contributed by atoms with Crippen LogP contribution in [-0.4, -0.2) is 29.6 Å². The molecule has 0 spiro atoms. The Morgan fingerprint density at radius 3 is 2.74 bits per heavy atom. The summed E-state index contributed by atoms with van der Waals surface area (Å²) in [6.07, 6.45) is 1.18. The summed E-state index contributed by atoms with van der Waals surface area (Å²) in [5.74, 6) is 0. The lowest BCUT2D eigenvalue weighted by atomic mass is 9.81. The summed E-state index contributed by atoms with van der Waals surface area (Å²) in [6, 6.07) is 2.86. The van der Waals surface area contributed by atoms with Crippen LogP contribution in [0.4, 0.5) is 0 Å². The van der Waals surface area contributed by atoms with Crippen LogP contribution in [0, 0.1) is 5.41 Å². The van der Waals surface area contributed by atoms with E-state index in [4.69, 9.17) is 0 Å². The van der Waals surface area contributed by atoms with Gasteiger partial charge in [-0.1, -0.05) is 27.7 Å². The molecule has 1 aliphatic heterocycles. The number of thiophene rings is 1. The minimum atomic E-state index is 0.262. The van der Waals surface area contributed by atoms with E-state index in [0.29, 0.717) is 11.5 Å². The van der Waals surface area contributed by atoms with E-state index in [2.05, 4.69) is 61.7 Å². The second-order valence-electron chi connectivity index (χ2n) is 7.21. The smallest absolute Gasteiger partial charge is 0.0278 e. The molecule has 108 valence electrons. The van der Waals surface area contributed by atoms with E-state index in [-0.39, 0.29) is 5.54 Å². The zero-order valence-corrected chi connectivity index (χ0v) is 13.8. The number of piperazine rings is 1. The van der Waals surface area contributed by atoms with Gasteiger partial charge in [-0.3, -0.25) is 4.90 Å². The van der Waals surface area contributed by atoms with Crippen LogP contribution in [0.25, 0.3) is 0 Å². The molecular weight excluding hydrogens is 252 g/mol. The number of hydrogen-bond acceptors (Lipinski definition) is 3. The van der Waals surface area contributed by atoms with Gasteiger partial charge in [-0.15, -0.1) is 0 Å². The average molecular weight is 280 g/mol. The normalized spacial score (nSPS) is 29.6. The Kier molecular flexibility index (Phi) is 4.38. The van der Waals surface area contributed by atoms with Crippen LogP contribution in [0.3, 0.4) is 0 Å². The van der Waals surface area contributed by atoms with Crippen molar-refractivity contribution in [3.8, 4) is 0 Å². The molecule has 2 nitrogen and oxygen atoms in total. The van der Waals surface area contributed by atoms with E-state index in [9.17, 15) is 0 Å². The van der Waals surface area contributed by atoms with E-state index >= 15 is 0 Å². The van der Waals surface area contributed by atoms with Gasteiger partial charge < -0.3 is 5.32 Å². The number of nitrogens with zero attached hydrogens (tertiary/aromatic N) is 1. The van der Waals surface area contributed by atoms with Crippen LogP contribution in [0.5, 0.6) is 0 Å². The van der Waals surface area contributed by atoms with Crippen molar-refractivity contribution in [1.82, 2.24) is 10.2 Å². The molecule has 3 heteroatoms. The van der Waals surface area contributed by atoms with Gasteiger partial charge in [-0.25, -0.2) is 0 Å². The summed E-state index contributed by atoms with van der Waals surface area (Å²) in [6.45, 7) is 15.0. The van der Waals surface area contributed by atoms with Crippen molar-refractivity contribution in [2.24, 2.45) is 5.41 Å². The molecule has 1 aromatic heterocycles. The Balaban J connectivity index is 2.16. The largest absolute Gasteiger partial charge is 0.309 e. The molecule has 1 saturated heterocycles. The fourth-order valence-electron chi connectivity index (χ4n) is 2.96. The fourth-order valence-corrected chi connectivity index (χ4v) is 3.62. The Hall–Kier alpha value is -0.380. The predicted octanol–water partition coefficient (Wildman–Crippen LogP) is 3.74. The average Bonchev–Trinajstić information content (AvgIpc) is 2.80. The molecule has 19 heavy (non-hydrogen) atoms. The van der Waals surface area contributed by atoms with Gasteiger partial charge in [0.2, 0.25) is 0 Å². The summed E-state index contributed by atoms with van der Waals surface area (Å²) in [4.78, 5) is 2.68. The minimum Gasteiger partial charge on any atom is -0.309 e. The molecular formula is C16H28N2S. The van der Waals surface area contributed by atoms with Crippen LogP contribution in [0.2, 0.25) is 0 Å². The maximum atomic E-state index is 3.77. The molecule has 0 amide bonds. The van der Waals surface area contributed by atoms with Crippen LogP contribution >= 0.6 is 11.3 Å². The van der Waals surface area contributed by atoms with Crippen LogP contribution < -0.4 is 5.32 Å². The highest BCUT2D eigenvalue weighted by atomic mass is 32.1. The maximum absolute atomic E-state index is 3.77. The Morgan fingerprint density at radius 1 is 1.47 bits per heavy atom. The van der Waals surface area contributed by atoms with Gasteiger partial charge in [0.1, 0.15) is 0 Å². The van der Waals surface area contributed by atoms with E-state index in [1.807, 2.05) is 0 Å². The van der Waals surface area contributed by atoms with E-state index < -0.39 is 0 Å². The Bertz CT molecular complexity index is 393. The van der Waals surface area contributed by atoms with E-state index in [0.717, 1.165) is 19.6 Å². The lowest BCUT2D eigenvalue weighted by Gasteiger charge is -2.50. The molecule has 2 heterocycles. The molecule has 0 aromatic carbocycles. The van der Waals surface area contributed by atoms with Crippen molar-refractivity contribution in [3.63, 3.8) is 0 Å². The SMILES string of the molecule is CCC1(C)CN(Cc2ccsc2)C(C(C)(C)C)CN1. The number of rotatable bonds is 3. The zero-order chi connectivity index (χ0) is 14.1. The molecule has 1 aliphatic rings. The summed E-state index contributed by atoms with van der Waals surface area (Å²) < 4.78 is 0. The van der Waals surface area contributed by atoms with Crippen molar-refractivity contribution in [1.29, 1.82) is 0 Å². The van der Waals surface area contributed by atoms with Gasteiger partial charge in [-0.05, 0) is 41.1 Å². The van der Waals surface area contributed by atoms with E-state index in [1.165, 1.54) is 12.0 Å². The van der Waals surface area contributed by atoms with Crippen molar-refractivity contribution < 1.29 is 0 Å². The Labute approximate surface area is 122 Å². The highest BCUT2D eigenvalue weighted by molar-refractivity contribution is 7.07. The van der Waals surface area contributed by atoms with Crippen molar-refractivity contribution in [3.05, 3.63) is 22.4 Å². The Morgan fingerprint density at radius 2 is 2.21 bits per heavy atom. The third-order valence-electron chi connectivity index (χ3n) is 4.46. The third kappa shape index (κ3) is 3.59. The predicted molar refractivity (Wildman–Crippen MR) is 84.7 cm³/mol. The van der Waals surface area contributed by atoms with Crippen LogP contribution in [0.15, 0.2) is 16.8 Å². The molecule has 0 bridgehead atoms. The van der Waals surface area contributed by atoms with Gasteiger partial charge in [0.05, 0.1) is 0 Å². The number of nitrogens with one attached hydrogen (secondary N) is 1. The number of hydrogen-bond donors (Lipinski definition) is 1. The van der Waals surface area contributed by atoms with Gasteiger partial charge in [-0.2, -0.15) is 11.3 Å². The summed E-state index contributed by atoms with van der Waals surface area (Å²) in [5, 5.41) is 8.24. The van der Waals surface area contributed by atoms with Crippen LogP contribution in [0.1, 0.15) is 46.6 Å². The summed E-state index contributed by atoms with van der Waals surface area (Å²) in [5.41, 5.74) is 2.04. The highest BCUT2D eigenvalue weighted by Crippen LogP contribution is 2.31. The first kappa shape index (κ1) is 15.0. The standard InChI is InChI=1S/C16H28N2S/c1-6-16(5)12-18(10-13-7-8-19-11-13)14(9-17-16)15(2,3)4/h7-8,11,14,17H,6,9-10,12H2,1-5H3. The molecule has 0 aliphatic carbocycles. The second-order valence-corrected chi connectivity index (χ2v) is 7.99. The first-order valence-corrected chi connectivity index (χ1v) is 8.28. The quantitative estimate of drug-likeness (QED) is 0.907. The molecule has 2 atom stereocenters. The molecule has 1 aromatic rings. The van der Waals surface area contributed by atoms with Crippen LogP contribution in [-0.2, 0) is 6.54 Å². The van der Waals surface area contributed by atoms with E-state index in [1.54, 1.807) is 11.3 Å². The fraction of sp³-hybridized carbons (Fsp3) is 0.750. The first-order valence-electron chi connectivity index (χ1n) is 7.34. The van der Waals surface area contributed by atoms with Gasteiger partial charge in [0.15, 0.2) is 0 Å². The van der Waals surface area contributed by atoms with Crippen molar-refractivity contribution in [2.75, 3.05) is 13.1 Å². The first-order chi connectivity index (χ1) is 8.84.